The average Bonchev–Trinajstić information content (AvgIpc) is 3.31. The van der Waals surface area contributed by atoms with Gasteiger partial charge in [-0.05, 0) is 18.6 Å². The van der Waals surface area contributed by atoms with Crippen LogP contribution >= 0.6 is 0 Å². The summed E-state index contributed by atoms with van der Waals surface area (Å²) in [4.78, 5) is 42.1. The van der Waals surface area contributed by atoms with Gasteiger partial charge in [0.15, 0.2) is 12.2 Å². The number of rotatable bonds is 5. The molecule has 9 nitrogen and oxygen atoms in total. The highest BCUT2D eigenvalue weighted by atomic mass is 16.3. The number of benzene rings is 1. The molecule has 136 valence electrons. The highest BCUT2D eigenvalue weighted by Gasteiger charge is 2.39. The molecule has 2 atom stereocenters. The quantitative estimate of drug-likeness (QED) is 0.689. The molecule has 0 bridgehead atoms. The summed E-state index contributed by atoms with van der Waals surface area (Å²) in [5.74, 6) is -0.765. The second-order valence-electron chi connectivity index (χ2n) is 5.90. The standard InChI is InChI=1S/C17H19N5O4/c18-7-15(23)22-8-12(20-16(24)11-4-2-1-3-5-11)6-13(22)17(25)21-14-9-26-10-19-14/h1-5,9-10,12-13H,6-8,18H2,(H,20,24)(H,21,25). The monoisotopic (exact) mass is 357 g/mol. The molecule has 26 heavy (non-hydrogen) atoms. The first-order valence-electron chi connectivity index (χ1n) is 8.13. The fraction of sp³-hybridized carbons (Fsp3) is 0.294. The van der Waals surface area contributed by atoms with Crippen LogP contribution in [0.2, 0.25) is 0 Å². The number of aromatic nitrogens is 1. The zero-order valence-corrected chi connectivity index (χ0v) is 13.9. The summed E-state index contributed by atoms with van der Waals surface area (Å²) < 4.78 is 4.81. The molecular weight excluding hydrogens is 338 g/mol. The van der Waals surface area contributed by atoms with Crippen molar-refractivity contribution in [2.75, 3.05) is 18.4 Å². The fourth-order valence-electron chi connectivity index (χ4n) is 2.92. The van der Waals surface area contributed by atoms with E-state index in [4.69, 9.17) is 10.2 Å². The van der Waals surface area contributed by atoms with Crippen molar-refractivity contribution in [2.24, 2.45) is 5.73 Å². The molecule has 9 heteroatoms. The highest BCUT2D eigenvalue weighted by molar-refractivity contribution is 5.98. The first-order valence-corrected chi connectivity index (χ1v) is 8.13. The van der Waals surface area contributed by atoms with E-state index in [9.17, 15) is 14.4 Å². The molecule has 3 rings (SSSR count). The van der Waals surface area contributed by atoms with Crippen LogP contribution in [0.4, 0.5) is 5.82 Å². The Morgan fingerprint density at radius 1 is 1.27 bits per heavy atom. The zero-order chi connectivity index (χ0) is 18.5. The third-order valence-electron chi connectivity index (χ3n) is 4.15. The lowest BCUT2D eigenvalue weighted by Gasteiger charge is -2.22. The molecule has 0 aliphatic carbocycles. The molecule has 2 aromatic rings. The van der Waals surface area contributed by atoms with Crippen LogP contribution in [0.1, 0.15) is 16.8 Å². The van der Waals surface area contributed by atoms with Crippen molar-refractivity contribution in [1.29, 1.82) is 0 Å². The summed E-state index contributed by atoms with van der Waals surface area (Å²) in [5, 5.41) is 5.45. The molecule has 2 heterocycles. The van der Waals surface area contributed by atoms with Crippen molar-refractivity contribution in [3.63, 3.8) is 0 Å². The Balaban J connectivity index is 1.69. The normalized spacial score (nSPS) is 19.2. The number of hydrogen-bond acceptors (Lipinski definition) is 6. The number of nitrogens with zero attached hydrogens (tertiary/aromatic N) is 2. The summed E-state index contributed by atoms with van der Waals surface area (Å²) >= 11 is 0. The number of nitrogens with two attached hydrogens (primary N) is 1. The average molecular weight is 357 g/mol. The van der Waals surface area contributed by atoms with Gasteiger partial charge >= 0.3 is 0 Å². The van der Waals surface area contributed by atoms with E-state index in [2.05, 4.69) is 15.6 Å². The maximum Gasteiger partial charge on any atom is 0.251 e. The van der Waals surface area contributed by atoms with Gasteiger partial charge in [0.1, 0.15) is 12.3 Å². The van der Waals surface area contributed by atoms with Gasteiger partial charge in [0, 0.05) is 18.2 Å². The van der Waals surface area contributed by atoms with Crippen LogP contribution in [-0.4, -0.2) is 52.8 Å². The first-order chi connectivity index (χ1) is 12.6. The molecule has 1 saturated heterocycles. The lowest BCUT2D eigenvalue weighted by Crippen LogP contribution is -2.46. The number of amides is 3. The Morgan fingerprint density at radius 3 is 2.69 bits per heavy atom. The topological polar surface area (TPSA) is 131 Å². The van der Waals surface area contributed by atoms with Crippen LogP contribution in [0.15, 0.2) is 47.4 Å². The molecule has 4 N–H and O–H groups in total. The number of oxazole rings is 1. The second kappa shape index (κ2) is 7.79. The number of anilines is 1. The van der Waals surface area contributed by atoms with E-state index in [0.29, 0.717) is 5.56 Å². The Hall–Kier alpha value is -3.20. The minimum Gasteiger partial charge on any atom is -0.449 e. The molecule has 1 fully saturated rings. The van der Waals surface area contributed by atoms with Gasteiger partial charge in [0.25, 0.3) is 5.91 Å². The molecule has 1 aliphatic rings. The van der Waals surface area contributed by atoms with E-state index < -0.39 is 11.9 Å². The molecule has 3 amide bonds. The molecule has 2 unspecified atom stereocenters. The van der Waals surface area contributed by atoms with Crippen molar-refractivity contribution in [3.05, 3.63) is 48.6 Å². The number of hydrogen-bond donors (Lipinski definition) is 3. The number of nitrogens with one attached hydrogen (secondary N) is 2. The lowest BCUT2D eigenvalue weighted by atomic mass is 10.1. The summed E-state index contributed by atoms with van der Waals surface area (Å²) in [6, 6.07) is 7.64. The predicted octanol–water partition coefficient (Wildman–Crippen LogP) is -0.0287. The Bertz CT molecular complexity index is 778. The first kappa shape index (κ1) is 17.6. The van der Waals surface area contributed by atoms with Gasteiger partial charge in [-0.1, -0.05) is 18.2 Å². The summed E-state index contributed by atoms with van der Waals surface area (Å²) in [6.07, 6.45) is 2.76. The number of carbonyl (C=O) groups excluding carboxylic acids is 3. The van der Waals surface area contributed by atoms with Crippen molar-refractivity contribution in [3.8, 4) is 0 Å². The van der Waals surface area contributed by atoms with Crippen LogP contribution in [0.5, 0.6) is 0 Å². The van der Waals surface area contributed by atoms with E-state index in [1.54, 1.807) is 24.3 Å². The smallest absolute Gasteiger partial charge is 0.251 e. The molecule has 1 aromatic heterocycles. The maximum atomic E-state index is 12.5. The third kappa shape index (κ3) is 3.89. The van der Waals surface area contributed by atoms with E-state index in [1.807, 2.05) is 6.07 Å². The van der Waals surface area contributed by atoms with Gasteiger partial charge in [-0.25, -0.2) is 0 Å². The van der Waals surface area contributed by atoms with Crippen LogP contribution in [0.3, 0.4) is 0 Å². The van der Waals surface area contributed by atoms with Crippen molar-refractivity contribution >= 4 is 23.5 Å². The Labute approximate surface area is 149 Å². The van der Waals surface area contributed by atoms with Gasteiger partial charge in [-0.2, -0.15) is 4.98 Å². The SMILES string of the molecule is NCC(=O)N1CC(NC(=O)c2ccccc2)CC1C(=O)Nc1cocn1. The van der Waals surface area contributed by atoms with Crippen LogP contribution in [0.25, 0.3) is 0 Å². The van der Waals surface area contributed by atoms with Gasteiger partial charge in [-0.3, -0.25) is 14.4 Å². The van der Waals surface area contributed by atoms with E-state index in [1.165, 1.54) is 17.6 Å². The van der Waals surface area contributed by atoms with Gasteiger partial charge in [0.2, 0.25) is 11.8 Å². The van der Waals surface area contributed by atoms with E-state index >= 15 is 0 Å². The van der Waals surface area contributed by atoms with Crippen LogP contribution in [-0.2, 0) is 9.59 Å². The van der Waals surface area contributed by atoms with Crippen LogP contribution < -0.4 is 16.4 Å². The number of likely N-dealkylation sites (tertiary alicyclic amines) is 1. The highest BCUT2D eigenvalue weighted by Crippen LogP contribution is 2.20. The third-order valence-corrected chi connectivity index (χ3v) is 4.15. The molecular formula is C17H19N5O4. The van der Waals surface area contributed by atoms with Gasteiger partial charge < -0.3 is 25.7 Å². The molecule has 1 aromatic carbocycles. The fourth-order valence-corrected chi connectivity index (χ4v) is 2.92. The summed E-state index contributed by atoms with van der Waals surface area (Å²) in [6.45, 7) is -0.00139. The molecule has 0 saturated carbocycles. The molecule has 1 aliphatic heterocycles. The van der Waals surface area contributed by atoms with E-state index in [-0.39, 0.29) is 43.2 Å². The van der Waals surface area contributed by atoms with Gasteiger partial charge in [0.05, 0.1) is 6.54 Å². The minimum absolute atomic E-state index is 0.214. The van der Waals surface area contributed by atoms with E-state index in [0.717, 1.165) is 0 Å². The summed E-state index contributed by atoms with van der Waals surface area (Å²) in [5.41, 5.74) is 5.96. The lowest BCUT2D eigenvalue weighted by molar-refractivity contribution is -0.135. The minimum atomic E-state index is -0.746. The summed E-state index contributed by atoms with van der Waals surface area (Å²) in [7, 11) is 0. The number of carbonyl (C=O) groups is 3. The van der Waals surface area contributed by atoms with Crippen molar-refractivity contribution in [2.45, 2.75) is 18.5 Å². The molecule has 0 radical (unpaired) electrons. The largest absolute Gasteiger partial charge is 0.449 e. The Morgan fingerprint density at radius 2 is 2.04 bits per heavy atom. The van der Waals surface area contributed by atoms with Crippen LogP contribution in [0, 0.1) is 0 Å². The predicted molar refractivity (Wildman–Crippen MR) is 92.0 cm³/mol. The zero-order valence-electron chi connectivity index (χ0n) is 13.9. The maximum absolute atomic E-state index is 12.5. The second-order valence-corrected chi connectivity index (χ2v) is 5.90. The van der Waals surface area contributed by atoms with Crippen molar-refractivity contribution < 1.29 is 18.8 Å². The van der Waals surface area contributed by atoms with Gasteiger partial charge in [-0.15, -0.1) is 0 Å². The van der Waals surface area contributed by atoms with Crippen molar-refractivity contribution in [1.82, 2.24) is 15.2 Å². The molecule has 0 spiro atoms. The Kier molecular flexibility index (Phi) is 5.28.